The zero-order valence-electron chi connectivity index (χ0n) is 9.00. The van der Waals surface area contributed by atoms with Gasteiger partial charge in [0.1, 0.15) is 5.75 Å². The zero-order chi connectivity index (χ0) is 9.97. The molecule has 1 aromatic carbocycles. The zero-order valence-corrected chi connectivity index (χ0v) is 12.4. The molecule has 0 aromatic heterocycles. The second-order valence-corrected chi connectivity index (χ2v) is 3.84. The monoisotopic (exact) mass is 352 g/mol. The molecule has 0 bridgehead atoms. The van der Waals surface area contributed by atoms with Crippen LogP contribution in [0.1, 0.15) is 12.8 Å². The molecular formula is C11H18Br2N2O. The third-order valence-electron chi connectivity index (χ3n) is 2.75. The molecule has 1 aliphatic rings. The number of nitrogens with zero attached hydrogens (tertiary/aromatic N) is 1. The normalized spacial score (nSPS) is 16.2. The van der Waals surface area contributed by atoms with Crippen LogP contribution in [0.2, 0.25) is 0 Å². The number of phenolic OH excluding ortho intramolecular Hbond substituents is 1. The Bertz CT molecular complexity index is 297. The number of rotatable bonds is 1. The Balaban J connectivity index is 0.00000112. The summed E-state index contributed by atoms with van der Waals surface area (Å²) in [6.07, 6.45) is 2.11. The first kappa shape index (κ1) is 15.7. The minimum Gasteiger partial charge on any atom is -0.508 e. The lowest BCUT2D eigenvalue weighted by atomic mass is 10.1. The van der Waals surface area contributed by atoms with Gasteiger partial charge in [-0.3, -0.25) is 0 Å². The molecule has 0 amide bonds. The van der Waals surface area contributed by atoms with Crippen molar-refractivity contribution >= 4 is 39.7 Å². The van der Waals surface area contributed by atoms with E-state index in [2.05, 4.69) is 4.90 Å². The van der Waals surface area contributed by atoms with E-state index in [0.717, 1.165) is 25.9 Å². The number of phenols is 1. The quantitative estimate of drug-likeness (QED) is 0.815. The summed E-state index contributed by atoms with van der Waals surface area (Å²) >= 11 is 0. The Morgan fingerprint density at radius 3 is 2.06 bits per heavy atom. The maximum Gasteiger partial charge on any atom is 0.115 e. The Morgan fingerprint density at radius 2 is 1.56 bits per heavy atom. The Kier molecular flexibility index (Phi) is 7.03. The number of aromatic hydroxyl groups is 1. The van der Waals surface area contributed by atoms with Crippen molar-refractivity contribution in [3.8, 4) is 5.75 Å². The van der Waals surface area contributed by atoms with E-state index in [9.17, 15) is 0 Å². The molecule has 0 aliphatic carbocycles. The maximum absolute atomic E-state index is 9.16. The van der Waals surface area contributed by atoms with Crippen molar-refractivity contribution in [2.24, 2.45) is 5.73 Å². The van der Waals surface area contributed by atoms with Crippen LogP contribution in [-0.4, -0.2) is 24.2 Å². The number of hydrogen-bond acceptors (Lipinski definition) is 3. The predicted molar refractivity (Wildman–Crippen MR) is 78.2 cm³/mol. The molecule has 3 N–H and O–H groups in total. The third kappa shape index (κ3) is 3.96. The van der Waals surface area contributed by atoms with Crippen LogP contribution in [0.4, 0.5) is 5.69 Å². The summed E-state index contributed by atoms with van der Waals surface area (Å²) in [5, 5.41) is 9.16. The van der Waals surface area contributed by atoms with Gasteiger partial charge in [0.15, 0.2) is 0 Å². The molecule has 0 saturated carbocycles. The lowest BCUT2D eigenvalue weighted by molar-refractivity contribution is 0.474. The van der Waals surface area contributed by atoms with Crippen LogP contribution < -0.4 is 10.6 Å². The third-order valence-corrected chi connectivity index (χ3v) is 2.75. The Labute approximate surface area is 117 Å². The highest BCUT2D eigenvalue weighted by Crippen LogP contribution is 2.21. The second-order valence-electron chi connectivity index (χ2n) is 3.84. The van der Waals surface area contributed by atoms with Gasteiger partial charge in [0.25, 0.3) is 0 Å². The molecule has 0 atom stereocenters. The molecule has 0 radical (unpaired) electrons. The van der Waals surface area contributed by atoms with Crippen molar-refractivity contribution in [2.45, 2.75) is 18.9 Å². The summed E-state index contributed by atoms with van der Waals surface area (Å²) < 4.78 is 0. The average molecular weight is 354 g/mol. The van der Waals surface area contributed by atoms with E-state index in [-0.39, 0.29) is 34.0 Å². The molecule has 5 heteroatoms. The van der Waals surface area contributed by atoms with Gasteiger partial charge in [0, 0.05) is 24.8 Å². The fourth-order valence-corrected chi connectivity index (χ4v) is 1.82. The Morgan fingerprint density at radius 1 is 1.06 bits per heavy atom. The summed E-state index contributed by atoms with van der Waals surface area (Å²) in [6, 6.07) is 7.72. The fourth-order valence-electron chi connectivity index (χ4n) is 1.82. The van der Waals surface area contributed by atoms with Gasteiger partial charge in [0.2, 0.25) is 0 Å². The van der Waals surface area contributed by atoms with Gasteiger partial charge < -0.3 is 15.7 Å². The maximum atomic E-state index is 9.16. The topological polar surface area (TPSA) is 49.5 Å². The van der Waals surface area contributed by atoms with Crippen molar-refractivity contribution in [2.75, 3.05) is 18.0 Å². The predicted octanol–water partition coefficient (Wildman–Crippen LogP) is 2.48. The molecule has 2 rings (SSSR count). The number of nitrogens with two attached hydrogens (primary N) is 1. The highest BCUT2D eigenvalue weighted by molar-refractivity contribution is 8.93. The summed E-state index contributed by atoms with van der Waals surface area (Å²) in [5.41, 5.74) is 7.01. The van der Waals surface area contributed by atoms with E-state index in [4.69, 9.17) is 10.8 Å². The summed E-state index contributed by atoms with van der Waals surface area (Å²) in [5.74, 6) is 0.322. The van der Waals surface area contributed by atoms with E-state index in [0.29, 0.717) is 11.8 Å². The van der Waals surface area contributed by atoms with Gasteiger partial charge in [0.05, 0.1) is 0 Å². The number of halogens is 2. The van der Waals surface area contributed by atoms with Gasteiger partial charge in [-0.25, -0.2) is 0 Å². The van der Waals surface area contributed by atoms with Crippen LogP contribution in [-0.2, 0) is 0 Å². The molecule has 1 aliphatic heterocycles. The van der Waals surface area contributed by atoms with E-state index in [1.54, 1.807) is 12.1 Å². The van der Waals surface area contributed by atoms with Gasteiger partial charge in [-0.05, 0) is 37.1 Å². The smallest absolute Gasteiger partial charge is 0.115 e. The summed E-state index contributed by atoms with van der Waals surface area (Å²) in [7, 11) is 0. The average Bonchev–Trinajstić information content (AvgIpc) is 2.21. The number of benzene rings is 1. The lowest BCUT2D eigenvalue weighted by Crippen LogP contribution is -2.39. The summed E-state index contributed by atoms with van der Waals surface area (Å²) in [4.78, 5) is 2.31. The highest BCUT2D eigenvalue weighted by atomic mass is 79.9. The lowest BCUT2D eigenvalue weighted by Gasteiger charge is -2.31. The first-order chi connectivity index (χ1) is 6.75. The van der Waals surface area contributed by atoms with Crippen molar-refractivity contribution in [3.05, 3.63) is 24.3 Å². The van der Waals surface area contributed by atoms with Gasteiger partial charge in [-0.1, -0.05) is 0 Å². The summed E-state index contributed by atoms with van der Waals surface area (Å²) in [6.45, 7) is 2.04. The molecule has 1 heterocycles. The SMILES string of the molecule is Br.Br.NC1CCN(c2ccc(O)cc2)CC1. The highest BCUT2D eigenvalue weighted by Gasteiger charge is 2.15. The van der Waals surface area contributed by atoms with E-state index in [1.165, 1.54) is 5.69 Å². The van der Waals surface area contributed by atoms with Gasteiger partial charge in [-0.2, -0.15) is 0 Å². The molecule has 1 aromatic rings. The first-order valence-corrected chi connectivity index (χ1v) is 5.05. The van der Waals surface area contributed by atoms with Crippen molar-refractivity contribution in [1.82, 2.24) is 0 Å². The van der Waals surface area contributed by atoms with Crippen molar-refractivity contribution < 1.29 is 5.11 Å². The van der Waals surface area contributed by atoms with Gasteiger partial charge in [-0.15, -0.1) is 34.0 Å². The standard InChI is InChI=1S/C11H16N2O.2BrH/c12-9-5-7-13(8-6-9)10-1-3-11(14)4-2-10;;/h1-4,9,14H,5-8,12H2;2*1H. The molecule has 92 valence electrons. The van der Waals surface area contributed by atoms with Crippen LogP contribution >= 0.6 is 34.0 Å². The molecule has 3 nitrogen and oxygen atoms in total. The van der Waals surface area contributed by atoms with Crippen molar-refractivity contribution in [3.63, 3.8) is 0 Å². The fraction of sp³-hybridized carbons (Fsp3) is 0.455. The van der Waals surface area contributed by atoms with E-state index < -0.39 is 0 Å². The van der Waals surface area contributed by atoms with Crippen LogP contribution in [0.25, 0.3) is 0 Å². The number of anilines is 1. The number of hydrogen-bond donors (Lipinski definition) is 2. The minimum atomic E-state index is 0. The van der Waals surface area contributed by atoms with Crippen LogP contribution in [0, 0.1) is 0 Å². The molecule has 1 fully saturated rings. The van der Waals surface area contributed by atoms with Gasteiger partial charge >= 0.3 is 0 Å². The molecule has 0 spiro atoms. The largest absolute Gasteiger partial charge is 0.508 e. The number of piperidine rings is 1. The molecular weight excluding hydrogens is 336 g/mol. The van der Waals surface area contributed by atoms with E-state index >= 15 is 0 Å². The molecule has 1 saturated heterocycles. The van der Waals surface area contributed by atoms with Crippen LogP contribution in [0.5, 0.6) is 5.75 Å². The van der Waals surface area contributed by atoms with Crippen molar-refractivity contribution in [1.29, 1.82) is 0 Å². The van der Waals surface area contributed by atoms with Crippen LogP contribution in [0.15, 0.2) is 24.3 Å². The minimum absolute atomic E-state index is 0. The second kappa shape index (κ2) is 7.14. The van der Waals surface area contributed by atoms with Crippen LogP contribution in [0.3, 0.4) is 0 Å². The molecule has 16 heavy (non-hydrogen) atoms. The van der Waals surface area contributed by atoms with E-state index in [1.807, 2.05) is 12.1 Å². The Hall–Kier alpha value is -0.260. The first-order valence-electron chi connectivity index (χ1n) is 5.05. The molecule has 0 unspecified atom stereocenters.